The van der Waals surface area contributed by atoms with E-state index < -0.39 is 23.5 Å². The van der Waals surface area contributed by atoms with E-state index in [1.165, 1.54) is 42.5 Å². The zero-order valence-electron chi connectivity index (χ0n) is 16.8. The number of benzene rings is 3. The maximum atomic E-state index is 13.2. The van der Waals surface area contributed by atoms with Crippen LogP contribution in [0.4, 0.5) is 4.39 Å². The molecule has 0 aliphatic carbocycles. The fraction of sp³-hybridized carbons (Fsp3) is 0.120. The number of carbonyl (C=O) groups is 1. The van der Waals surface area contributed by atoms with Crippen molar-refractivity contribution in [2.45, 2.75) is 18.9 Å². The third kappa shape index (κ3) is 4.46. The van der Waals surface area contributed by atoms with Crippen LogP contribution in [0.2, 0.25) is 0 Å². The Hall–Kier alpha value is -4.13. The van der Waals surface area contributed by atoms with Gasteiger partial charge in [-0.3, -0.25) is 0 Å². The summed E-state index contributed by atoms with van der Waals surface area (Å²) in [4.78, 5) is 24.1. The molecule has 0 spiro atoms. The smallest absolute Gasteiger partial charge is 0.347 e. The Morgan fingerprint density at radius 1 is 1.03 bits per heavy atom. The van der Waals surface area contributed by atoms with E-state index in [1.54, 1.807) is 0 Å². The molecular formula is C25H19FO6. The highest BCUT2D eigenvalue weighted by Crippen LogP contribution is 2.34. The van der Waals surface area contributed by atoms with E-state index in [0.29, 0.717) is 12.0 Å². The highest BCUT2D eigenvalue weighted by Gasteiger charge is 2.21. The fourth-order valence-corrected chi connectivity index (χ4v) is 3.45. The standard InChI is InChI=1S/C25H19FO6/c26-17-9-7-16(8-10-17)22-23(27)19-12-11-18(14-21(19)32-25(22)30)31-20(24(28)29)13-6-15-4-2-1-3-5-15/h1-5,7-12,14,20,27H,6,13H2,(H,28,29). The van der Waals surface area contributed by atoms with Crippen molar-refractivity contribution in [2.24, 2.45) is 0 Å². The zero-order chi connectivity index (χ0) is 22.7. The van der Waals surface area contributed by atoms with E-state index in [-0.39, 0.29) is 34.5 Å². The molecule has 0 bridgehead atoms. The van der Waals surface area contributed by atoms with Crippen molar-refractivity contribution in [3.63, 3.8) is 0 Å². The minimum Gasteiger partial charge on any atom is -0.506 e. The van der Waals surface area contributed by atoms with Crippen molar-refractivity contribution < 1.29 is 28.6 Å². The molecule has 4 aromatic rings. The number of aromatic hydroxyl groups is 1. The Morgan fingerprint density at radius 3 is 2.44 bits per heavy atom. The van der Waals surface area contributed by atoms with E-state index in [0.717, 1.165) is 5.56 Å². The van der Waals surface area contributed by atoms with Crippen LogP contribution < -0.4 is 10.4 Å². The van der Waals surface area contributed by atoms with Crippen LogP contribution in [0.5, 0.6) is 11.5 Å². The molecule has 0 fully saturated rings. The molecule has 0 aliphatic heterocycles. The van der Waals surface area contributed by atoms with Crippen molar-refractivity contribution in [1.29, 1.82) is 0 Å². The fourth-order valence-electron chi connectivity index (χ4n) is 3.45. The van der Waals surface area contributed by atoms with Crippen LogP contribution >= 0.6 is 0 Å². The van der Waals surface area contributed by atoms with Crippen LogP contribution in [0.1, 0.15) is 12.0 Å². The molecule has 4 rings (SSSR count). The third-order valence-corrected chi connectivity index (χ3v) is 5.08. The summed E-state index contributed by atoms with van der Waals surface area (Å²) in [6, 6.07) is 18.9. The second-order valence-electron chi connectivity index (χ2n) is 7.25. The first-order chi connectivity index (χ1) is 15.4. The number of halogens is 1. The summed E-state index contributed by atoms with van der Waals surface area (Å²) in [7, 11) is 0. The van der Waals surface area contributed by atoms with Crippen LogP contribution in [0.3, 0.4) is 0 Å². The van der Waals surface area contributed by atoms with Gasteiger partial charge in [-0.15, -0.1) is 0 Å². The van der Waals surface area contributed by atoms with Crippen LogP contribution in [-0.2, 0) is 11.2 Å². The summed E-state index contributed by atoms with van der Waals surface area (Å²) in [6.45, 7) is 0. The predicted octanol–water partition coefficient (Wildman–Crippen LogP) is 4.77. The molecule has 0 aliphatic rings. The zero-order valence-corrected chi connectivity index (χ0v) is 16.8. The molecule has 3 aromatic carbocycles. The largest absolute Gasteiger partial charge is 0.506 e. The molecular weight excluding hydrogens is 415 g/mol. The maximum Gasteiger partial charge on any atom is 0.347 e. The second-order valence-corrected chi connectivity index (χ2v) is 7.25. The van der Waals surface area contributed by atoms with Gasteiger partial charge in [-0.1, -0.05) is 42.5 Å². The maximum absolute atomic E-state index is 13.2. The van der Waals surface area contributed by atoms with Gasteiger partial charge in [0.25, 0.3) is 0 Å². The predicted molar refractivity (Wildman–Crippen MR) is 116 cm³/mol. The van der Waals surface area contributed by atoms with E-state index in [4.69, 9.17) is 9.15 Å². The summed E-state index contributed by atoms with van der Waals surface area (Å²) >= 11 is 0. The summed E-state index contributed by atoms with van der Waals surface area (Å²) in [5, 5.41) is 20.4. The Balaban J connectivity index is 1.61. The number of aryl methyl sites for hydroxylation is 1. The van der Waals surface area contributed by atoms with Crippen LogP contribution in [-0.4, -0.2) is 22.3 Å². The summed E-state index contributed by atoms with van der Waals surface area (Å²) in [5.41, 5.74) is 0.454. The summed E-state index contributed by atoms with van der Waals surface area (Å²) in [5.74, 6) is -1.71. The first-order valence-corrected chi connectivity index (χ1v) is 9.91. The van der Waals surface area contributed by atoms with Crippen LogP contribution in [0.15, 0.2) is 82.0 Å². The number of carboxylic acid groups (broad SMARTS) is 1. The molecule has 6 nitrogen and oxygen atoms in total. The lowest BCUT2D eigenvalue weighted by Gasteiger charge is -2.16. The van der Waals surface area contributed by atoms with Crippen molar-refractivity contribution >= 4 is 16.9 Å². The molecule has 0 amide bonds. The quantitative estimate of drug-likeness (QED) is 0.407. The highest BCUT2D eigenvalue weighted by molar-refractivity contribution is 5.91. The number of ether oxygens (including phenoxy) is 1. The lowest BCUT2D eigenvalue weighted by molar-refractivity contribution is -0.145. The number of carboxylic acids is 1. The lowest BCUT2D eigenvalue weighted by Crippen LogP contribution is -2.27. The van der Waals surface area contributed by atoms with Crippen molar-refractivity contribution in [3.8, 4) is 22.6 Å². The molecule has 1 unspecified atom stereocenters. The number of hydrogen-bond acceptors (Lipinski definition) is 5. The van der Waals surface area contributed by atoms with Crippen LogP contribution in [0.25, 0.3) is 22.1 Å². The molecule has 0 saturated carbocycles. The average Bonchev–Trinajstić information content (AvgIpc) is 2.78. The van der Waals surface area contributed by atoms with Gasteiger partial charge < -0.3 is 19.4 Å². The Morgan fingerprint density at radius 2 is 1.75 bits per heavy atom. The normalized spacial score (nSPS) is 11.9. The van der Waals surface area contributed by atoms with Gasteiger partial charge in [0.15, 0.2) is 6.10 Å². The molecule has 162 valence electrons. The monoisotopic (exact) mass is 434 g/mol. The van der Waals surface area contributed by atoms with E-state index in [9.17, 15) is 24.2 Å². The van der Waals surface area contributed by atoms with E-state index in [1.807, 2.05) is 30.3 Å². The van der Waals surface area contributed by atoms with E-state index >= 15 is 0 Å². The van der Waals surface area contributed by atoms with Crippen molar-refractivity contribution in [3.05, 3.63) is 94.6 Å². The number of hydrogen-bond donors (Lipinski definition) is 2. The molecule has 32 heavy (non-hydrogen) atoms. The minimum atomic E-state index is -1.11. The number of rotatable bonds is 7. The topological polar surface area (TPSA) is 97.0 Å². The summed E-state index contributed by atoms with van der Waals surface area (Å²) < 4.78 is 24.2. The van der Waals surface area contributed by atoms with Crippen molar-refractivity contribution in [1.82, 2.24) is 0 Å². The first-order valence-electron chi connectivity index (χ1n) is 9.91. The third-order valence-electron chi connectivity index (χ3n) is 5.08. The van der Waals surface area contributed by atoms with Gasteiger partial charge in [0.2, 0.25) is 0 Å². The number of fused-ring (bicyclic) bond motifs is 1. The Kier molecular flexibility index (Phi) is 5.89. The molecule has 0 radical (unpaired) electrons. The highest BCUT2D eigenvalue weighted by atomic mass is 19.1. The van der Waals surface area contributed by atoms with Gasteiger partial charge >= 0.3 is 11.6 Å². The molecule has 1 aromatic heterocycles. The molecule has 7 heteroatoms. The van der Waals surface area contributed by atoms with E-state index in [2.05, 4.69) is 0 Å². The SMILES string of the molecule is O=C(O)C(CCc1ccccc1)Oc1ccc2c(O)c(-c3ccc(F)cc3)c(=O)oc2c1. The second kappa shape index (κ2) is 8.93. The van der Waals surface area contributed by atoms with Gasteiger partial charge in [-0.05, 0) is 48.2 Å². The Bertz CT molecular complexity index is 1310. The molecule has 1 heterocycles. The molecule has 2 N–H and O–H groups in total. The average molecular weight is 434 g/mol. The lowest BCUT2D eigenvalue weighted by atomic mass is 10.0. The minimum absolute atomic E-state index is 0.0445. The van der Waals surface area contributed by atoms with Gasteiger partial charge in [-0.25, -0.2) is 14.0 Å². The molecule has 1 atom stereocenters. The van der Waals surface area contributed by atoms with Crippen LogP contribution in [0, 0.1) is 5.82 Å². The van der Waals surface area contributed by atoms with Crippen molar-refractivity contribution in [2.75, 3.05) is 0 Å². The van der Waals surface area contributed by atoms with Gasteiger partial charge in [0.05, 0.1) is 5.39 Å². The van der Waals surface area contributed by atoms with Gasteiger partial charge in [0, 0.05) is 6.07 Å². The number of aliphatic carboxylic acids is 1. The molecule has 0 saturated heterocycles. The Labute approximate surface area is 182 Å². The summed E-state index contributed by atoms with van der Waals surface area (Å²) in [6.07, 6.45) is -0.343. The first kappa shape index (κ1) is 21.1. The van der Waals surface area contributed by atoms with Gasteiger partial charge in [0.1, 0.15) is 28.5 Å². The van der Waals surface area contributed by atoms with Gasteiger partial charge in [-0.2, -0.15) is 0 Å².